The van der Waals surface area contributed by atoms with Crippen molar-refractivity contribution in [2.24, 2.45) is 0 Å². The number of carboxylic acids is 1. The Morgan fingerprint density at radius 1 is 1.31 bits per heavy atom. The summed E-state index contributed by atoms with van der Waals surface area (Å²) in [6.07, 6.45) is 2.86. The Balaban J connectivity index is 2.56. The van der Waals surface area contributed by atoms with Gasteiger partial charge in [0.25, 0.3) is 0 Å². The van der Waals surface area contributed by atoms with Crippen LogP contribution in [0.1, 0.15) is 10.4 Å². The molecular weight excluding hydrogens is 206 g/mol. The number of carbonyl (C=O) groups is 1. The highest BCUT2D eigenvalue weighted by Gasteiger charge is 2.13. The number of hydrogen-bond donors (Lipinski definition) is 1. The van der Waals surface area contributed by atoms with Crippen molar-refractivity contribution >= 4 is 22.4 Å². The van der Waals surface area contributed by atoms with Crippen LogP contribution >= 0.6 is 0 Å². The zero-order valence-electron chi connectivity index (χ0n) is 8.16. The standard InChI is InChI=1S/C11H7N3O2/c15-11(16)8-5-13-14-6-12-9-4-2-1-3-7(9)10(8)14/h1-6H,(H,15,16). The average molecular weight is 213 g/mol. The SMILES string of the molecule is O=C(O)c1cnn2cnc3ccccc3c12. The smallest absolute Gasteiger partial charge is 0.339 e. The molecule has 0 saturated heterocycles. The predicted molar refractivity (Wildman–Crippen MR) is 57.5 cm³/mol. The molecule has 3 aromatic rings. The van der Waals surface area contributed by atoms with Crippen molar-refractivity contribution < 1.29 is 9.90 Å². The third-order valence-corrected chi connectivity index (χ3v) is 2.49. The number of carboxylic acid groups (broad SMARTS) is 1. The van der Waals surface area contributed by atoms with Gasteiger partial charge in [0.2, 0.25) is 0 Å². The molecule has 0 aliphatic carbocycles. The van der Waals surface area contributed by atoms with Crippen molar-refractivity contribution in [3.8, 4) is 0 Å². The molecule has 0 saturated carbocycles. The lowest BCUT2D eigenvalue weighted by molar-refractivity contribution is 0.0699. The van der Waals surface area contributed by atoms with E-state index in [-0.39, 0.29) is 5.56 Å². The number of nitrogens with zero attached hydrogens (tertiary/aromatic N) is 3. The molecule has 0 spiro atoms. The molecule has 1 aromatic carbocycles. The summed E-state index contributed by atoms with van der Waals surface area (Å²) in [7, 11) is 0. The molecule has 16 heavy (non-hydrogen) atoms. The molecule has 0 aliphatic rings. The maximum atomic E-state index is 11.0. The van der Waals surface area contributed by atoms with E-state index in [2.05, 4.69) is 10.1 Å². The molecule has 0 aliphatic heterocycles. The van der Waals surface area contributed by atoms with E-state index in [0.29, 0.717) is 5.52 Å². The van der Waals surface area contributed by atoms with Crippen LogP contribution in [-0.4, -0.2) is 25.7 Å². The van der Waals surface area contributed by atoms with Gasteiger partial charge in [-0.1, -0.05) is 18.2 Å². The molecule has 0 radical (unpaired) electrons. The first-order valence-corrected chi connectivity index (χ1v) is 4.72. The molecule has 0 amide bonds. The number of para-hydroxylation sites is 1. The normalized spacial score (nSPS) is 11.0. The number of fused-ring (bicyclic) bond motifs is 3. The number of benzene rings is 1. The largest absolute Gasteiger partial charge is 0.478 e. The van der Waals surface area contributed by atoms with Crippen LogP contribution in [0.4, 0.5) is 0 Å². The quantitative estimate of drug-likeness (QED) is 0.666. The Morgan fingerprint density at radius 3 is 2.94 bits per heavy atom. The lowest BCUT2D eigenvalue weighted by atomic mass is 10.1. The summed E-state index contributed by atoms with van der Waals surface area (Å²) in [5.74, 6) is -0.980. The Hall–Kier alpha value is -2.43. The second kappa shape index (κ2) is 3.03. The van der Waals surface area contributed by atoms with E-state index in [9.17, 15) is 4.79 Å². The van der Waals surface area contributed by atoms with Crippen molar-refractivity contribution in [3.05, 3.63) is 42.4 Å². The summed E-state index contributed by atoms with van der Waals surface area (Å²) in [4.78, 5) is 15.2. The second-order valence-corrected chi connectivity index (χ2v) is 3.42. The zero-order chi connectivity index (χ0) is 11.1. The fourth-order valence-electron chi connectivity index (χ4n) is 1.78. The highest BCUT2D eigenvalue weighted by atomic mass is 16.4. The van der Waals surface area contributed by atoms with E-state index in [1.54, 1.807) is 0 Å². The lowest BCUT2D eigenvalue weighted by Gasteiger charge is -2.00. The first kappa shape index (κ1) is 8.84. The fraction of sp³-hybridized carbons (Fsp3) is 0. The Kier molecular flexibility index (Phi) is 1.67. The molecule has 2 aromatic heterocycles. The highest BCUT2D eigenvalue weighted by Crippen LogP contribution is 2.20. The predicted octanol–water partition coefficient (Wildman–Crippen LogP) is 1.58. The second-order valence-electron chi connectivity index (χ2n) is 3.42. The first-order valence-electron chi connectivity index (χ1n) is 4.72. The van der Waals surface area contributed by atoms with Crippen molar-refractivity contribution in [2.45, 2.75) is 0 Å². The maximum absolute atomic E-state index is 11.0. The third-order valence-electron chi connectivity index (χ3n) is 2.49. The molecule has 0 bridgehead atoms. The van der Waals surface area contributed by atoms with Gasteiger partial charge in [-0.25, -0.2) is 14.3 Å². The summed E-state index contributed by atoms with van der Waals surface area (Å²) >= 11 is 0. The summed E-state index contributed by atoms with van der Waals surface area (Å²) in [5.41, 5.74) is 1.54. The fourth-order valence-corrected chi connectivity index (χ4v) is 1.78. The van der Waals surface area contributed by atoms with Crippen LogP contribution in [-0.2, 0) is 0 Å². The van der Waals surface area contributed by atoms with Gasteiger partial charge in [0.1, 0.15) is 11.9 Å². The molecule has 3 rings (SSSR count). The van der Waals surface area contributed by atoms with Crippen LogP contribution < -0.4 is 0 Å². The van der Waals surface area contributed by atoms with Gasteiger partial charge >= 0.3 is 5.97 Å². The molecule has 5 nitrogen and oxygen atoms in total. The van der Waals surface area contributed by atoms with Gasteiger partial charge < -0.3 is 5.11 Å². The third kappa shape index (κ3) is 1.08. The minimum absolute atomic E-state index is 0.193. The first-order chi connectivity index (χ1) is 7.77. The minimum Gasteiger partial charge on any atom is -0.478 e. The van der Waals surface area contributed by atoms with E-state index >= 15 is 0 Å². The van der Waals surface area contributed by atoms with Crippen molar-refractivity contribution in [2.75, 3.05) is 0 Å². The summed E-state index contributed by atoms with van der Waals surface area (Å²) in [6, 6.07) is 7.39. The van der Waals surface area contributed by atoms with Crippen LogP contribution in [0, 0.1) is 0 Å². The molecule has 0 fully saturated rings. The van der Waals surface area contributed by atoms with E-state index in [0.717, 1.165) is 10.9 Å². The van der Waals surface area contributed by atoms with E-state index in [4.69, 9.17) is 5.11 Å². The lowest BCUT2D eigenvalue weighted by Crippen LogP contribution is -1.97. The number of rotatable bonds is 1. The van der Waals surface area contributed by atoms with E-state index in [1.165, 1.54) is 17.0 Å². The zero-order valence-corrected chi connectivity index (χ0v) is 8.16. The van der Waals surface area contributed by atoms with E-state index < -0.39 is 5.97 Å². The van der Waals surface area contributed by atoms with Crippen molar-refractivity contribution in [1.29, 1.82) is 0 Å². The van der Waals surface area contributed by atoms with Crippen molar-refractivity contribution in [3.63, 3.8) is 0 Å². The van der Waals surface area contributed by atoms with Crippen LogP contribution in [0.2, 0.25) is 0 Å². The van der Waals surface area contributed by atoms with Crippen LogP contribution in [0.15, 0.2) is 36.8 Å². The number of aromatic carboxylic acids is 1. The number of hydrogen-bond acceptors (Lipinski definition) is 3. The highest BCUT2D eigenvalue weighted by molar-refractivity contribution is 6.05. The monoisotopic (exact) mass is 213 g/mol. The molecule has 1 N–H and O–H groups in total. The molecule has 0 atom stereocenters. The molecule has 0 unspecified atom stereocenters. The van der Waals surface area contributed by atoms with Gasteiger partial charge in [0.15, 0.2) is 0 Å². The average Bonchev–Trinajstić information content (AvgIpc) is 2.73. The van der Waals surface area contributed by atoms with Crippen molar-refractivity contribution in [1.82, 2.24) is 14.6 Å². The van der Waals surface area contributed by atoms with Gasteiger partial charge in [-0.2, -0.15) is 5.10 Å². The van der Waals surface area contributed by atoms with Gasteiger partial charge in [0, 0.05) is 5.39 Å². The molecule has 78 valence electrons. The minimum atomic E-state index is -0.980. The van der Waals surface area contributed by atoms with Gasteiger partial charge in [-0.3, -0.25) is 0 Å². The van der Waals surface area contributed by atoms with Crippen LogP contribution in [0.3, 0.4) is 0 Å². The topological polar surface area (TPSA) is 67.5 Å². The summed E-state index contributed by atoms with van der Waals surface area (Å²) in [6.45, 7) is 0. The summed E-state index contributed by atoms with van der Waals surface area (Å²) < 4.78 is 1.48. The van der Waals surface area contributed by atoms with Crippen LogP contribution in [0.5, 0.6) is 0 Å². The Labute approximate surface area is 90.0 Å². The van der Waals surface area contributed by atoms with Crippen LogP contribution in [0.25, 0.3) is 16.4 Å². The number of aromatic nitrogens is 3. The Bertz CT molecular complexity index is 703. The summed E-state index contributed by atoms with van der Waals surface area (Å²) in [5, 5.41) is 13.8. The molecule has 2 heterocycles. The van der Waals surface area contributed by atoms with Gasteiger partial charge in [-0.15, -0.1) is 0 Å². The van der Waals surface area contributed by atoms with E-state index in [1.807, 2.05) is 24.3 Å². The Morgan fingerprint density at radius 2 is 2.12 bits per heavy atom. The van der Waals surface area contributed by atoms with Gasteiger partial charge in [0.05, 0.1) is 17.2 Å². The maximum Gasteiger partial charge on any atom is 0.339 e. The molecular formula is C11H7N3O2. The molecule has 5 heteroatoms. The van der Waals surface area contributed by atoms with Gasteiger partial charge in [-0.05, 0) is 6.07 Å².